The molecular weight excluding hydrogens is 230 g/mol. The third-order valence-corrected chi connectivity index (χ3v) is 3.79. The van der Waals surface area contributed by atoms with E-state index in [0.717, 1.165) is 11.6 Å². The maximum absolute atomic E-state index is 6.02. The van der Waals surface area contributed by atoms with Crippen molar-refractivity contribution < 1.29 is 0 Å². The molecule has 3 rings (SSSR count). The molecule has 1 nitrogen and oxygen atoms in total. The number of halogens is 1. The van der Waals surface area contributed by atoms with Crippen molar-refractivity contribution >= 4 is 28.9 Å². The molecule has 1 aliphatic rings. The van der Waals surface area contributed by atoms with Crippen molar-refractivity contribution in [2.45, 2.75) is 31.6 Å². The molecule has 1 fully saturated rings. The molecule has 0 radical (unpaired) electrons. The van der Waals surface area contributed by atoms with Crippen LogP contribution in [-0.2, 0) is 0 Å². The molecule has 17 heavy (non-hydrogen) atoms. The molecule has 0 heterocycles. The largest absolute Gasteiger partial charge is 0.398 e. The maximum atomic E-state index is 6.02. The van der Waals surface area contributed by atoms with Crippen LogP contribution in [0.25, 0.3) is 10.8 Å². The van der Waals surface area contributed by atoms with Gasteiger partial charge in [-0.05, 0) is 35.8 Å². The quantitative estimate of drug-likeness (QED) is 0.738. The van der Waals surface area contributed by atoms with Gasteiger partial charge in [-0.2, -0.15) is 0 Å². The first-order chi connectivity index (χ1) is 7.86. The normalized spacial score (nSPS) is 16.0. The average molecular weight is 248 g/mol. The highest BCUT2D eigenvalue weighted by molar-refractivity contribution is 5.95. The summed E-state index contributed by atoms with van der Waals surface area (Å²) in [5.41, 5.74) is 8.43. The van der Waals surface area contributed by atoms with E-state index in [0.29, 0.717) is 0 Å². The molecule has 2 aromatic carbocycles. The summed E-state index contributed by atoms with van der Waals surface area (Å²) < 4.78 is 0. The lowest BCUT2D eigenvalue weighted by Gasteiger charge is -2.14. The lowest BCUT2D eigenvalue weighted by atomic mass is 9.92. The highest BCUT2D eigenvalue weighted by Gasteiger charge is 2.19. The van der Waals surface area contributed by atoms with E-state index in [1.165, 1.54) is 42.0 Å². The lowest BCUT2D eigenvalue weighted by molar-refractivity contribution is 0.729. The van der Waals surface area contributed by atoms with Gasteiger partial charge in [0.05, 0.1) is 0 Å². The Morgan fingerprint density at radius 1 is 0.882 bits per heavy atom. The zero-order valence-corrected chi connectivity index (χ0v) is 10.7. The SMILES string of the molecule is Cl.Nc1ccc(C2CCCC2)c2ccccc12. The number of nitrogens with two attached hydrogens (primary N) is 1. The maximum Gasteiger partial charge on any atom is 0.0393 e. The zero-order chi connectivity index (χ0) is 11.0. The number of hydrogen-bond donors (Lipinski definition) is 1. The van der Waals surface area contributed by atoms with Crippen molar-refractivity contribution in [3.05, 3.63) is 42.0 Å². The molecule has 0 aliphatic heterocycles. The fourth-order valence-electron chi connectivity index (χ4n) is 2.94. The Balaban J connectivity index is 0.00000108. The fourth-order valence-corrected chi connectivity index (χ4v) is 2.94. The van der Waals surface area contributed by atoms with Gasteiger partial charge in [0.15, 0.2) is 0 Å². The van der Waals surface area contributed by atoms with E-state index in [2.05, 4.69) is 36.4 Å². The van der Waals surface area contributed by atoms with Crippen LogP contribution in [0.3, 0.4) is 0 Å². The molecule has 0 aromatic heterocycles. The monoisotopic (exact) mass is 247 g/mol. The summed E-state index contributed by atoms with van der Waals surface area (Å²) in [6.45, 7) is 0. The molecule has 1 saturated carbocycles. The van der Waals surface area contributed by atoms with Gasteiger partial charge in [-0.15, -0.1) is 12.4 Å². The third kappa shape index (κ3) is 2.12. The molecular formula is C15H18ClN. The summed E-state index contributed by atoms with van der Waals surface area (Å²) >= 11 is 0. The summed E-state index contributed by atoms with van der Waals surface area (Å²) in [6.07, 6.45) is 5.44. The predicted molar refractivity (Wildman–Crippen MR) is 76.8 cm³/mol. The van der Waals surface area contributed by atoms with Crippen LogP contribution in [0, 0.1) is 0 Å². The first-order valence-electron chi connectivity index (χ1n) is 6.13. The van der Waals surface area contributed by atoms with E-state index in [-0.39, 0.29) is 12.4 Å². The van der Waals surface area contributed by atoms with Gasteiger partial charge in [0.2, 0.25) is 0 Å². The number of hydrogen-bond acceptors (Lipinski definition) is 1. The Labute approximate surface area is 108 Å². The number of nitrogen functional groups attached to an aromatic ring is 1. The summed E-state index contributed by atoms with van der Waals surface area (Å²) in [5.74, 6) is 0.755. The van der Waals surface area contributed by atoms with Crippen LogP contribution in [0.15, 0.2) is 36.4 Å². The van der Waals surface area contributed by atoms with Crippen LogP contribution in [0.5, 0.6) is 0 Å². The van der Waals surface area contributed by atoms with E-state index in [1.54, 1.807) is 0 Å². The summed E-state index contributed by atoms with van der Waals surface area (Å²) in [6, 6.07) is 12.8. The third-order valence-electron chi connectivity index (χ3n) is 3.79. The van der Waals surface area contributed by atoms with E-state index < -0.39 is 0 Å². The van der Waals surface area contributed by atoms with Gasteiger partial charge in [-0.3, -0.25) is 0 Å². The molecule has 0 bridgehead atoms. The molecule has 0 unspecified atom stereocenters. The molecule has 0 spiro atoms. The highest BCUT2D eigenvalue weighted by atomic mass is 35.5. The van der Waals surface area contributed by atoms with Gasteiger partial charge in [-0.1, -0.05) is 43.2 Å². The summed E-state index contributed by atoms with van der Waals surface area (Å²) in [7, 11) is 0. The molecule has 0 saturated heterocycles. The second-order valence-electron chi connectivity index (χ2n) is 4.77. The van der Waals surface area contributed by atoms with Crippen LogP contribution in [0.1, 0.15) is 37.2 Å². The van der Waals surface area contributed by atoms with E-state index in [4.69, 9.17) is 5.73 Å². The highest BCUT2D eigenvalue weighted by Crippen LogP contribution is 2.38. The van der Waals surface area contributed by atoms with Gasteiger partial charge in [0.25, 0.3) is 0 Å². The van der Waals surface area contributed by atoms with Crippen molar-refractivity contribution in [2.24, 2.45) is 0 Å². The summed E-state index contributed by atoms with van der Waals surface area (Å²) in [4.78, 5) is 0. The molecule has 1 aliphatic carbocycles. The van der Waals surface area contributed by atoms with Crippen molar-refractivity contribution in [3.8, 4) is 0 Å². The van der Waals surface area contributed by atoms with Crippen LogP contribution >= 0.6 is 12.4 Å². The second-order valence-corrected chi connectivity index (χ2v) is 4.77. The number of fused-ring (bicyclic) bond motifs is 1. The van der Waals surface area contributed by atoms with E-state index in [9.17, 15) is 0 Å². The smallest absolute Gasteiger partial charge is 0.0393 e. The Morgan fingerprint density at radius 3 is 2.24 bits per heavy atom. The molecule has 90 valence electrons. The Bertz CT molecular complexity index is 515. The topological polar surface area (TPSA) is 26.0 Å². The van der Waals surface area contributed by atoms with Crippen LogP contribution < -0.4 is 5.73 Å². The minimum absolute atomic E-state index is 0. The molecule has 2 aromatic rings. The van der Waals surface area contributed by atoms with Gasteiger partial charge >= 0.3 is 0 Å². The van der Waals surface area contributed by atoms with Crippen LogP contribution in [-0.4, -0.2) is 0 Å². The zero-order valence-electron chi connectivity index (χ0n) is 9.86. The number of rotatable bonds is 1. The predicted octanol–water partition coefficient (Wildman–Crippen LogP) is 4.50. The van der Waals surface area contributed by atoms with Gasteiger partial charge in [-0.25, -0.2) is 0 Å². The van der Waals surface area contributed by atoms with Gasteiger partial charge in [0.1, 0.15) is 0 Å². The molecule has 0 amide bonds. The minimum atomic E-state index is 0. The average Bonchev–Trinajstić information content (AvgIpc) is 2.83. The Hall–Kier alpha value is -1.21. The molecule has 2 heteroatoms. The number of anilines is 1. The minimum Gasteiger partial charge on any atom is -0.398 e. The fraction of sp³-hybridized carbons (Fsp3) is 0.333. The lowest BCUT2D eigenvalue weighted by Crippen LogP contribution is -1.96. The van der Waals surface area contributed by atoms with Gasteiger partial charge < -0.3 is 5.73 Å². The Morgan fingerprint density at radius 2 is 1.53 bits per heavy atom. The number of benzene rings is 2. The first kappa shape index (κ1) is 12.3. The van der Waals surface area contributed by atoms with E-state index in [1.807, 2.05) is 0 Å². The van der Waals surface area contributed by atoms with Crippen LogP contribution in [0.4, 0.5) is 5.69 Å². The van der Waals surface area contributed by atoms with Crippen molar-refractivity contribution in [1.82, 2.24) is 0 Å². The van der Waals surface area contributed by atoms with Crippen molar-refractivity contribution in [3.63, 3.8) is 0 Å². The molecule has 0 atom stereocenters. The standard InChI is InChI=1S/C15H17N.ClH/c16-15-10-9-12(11-5-1-2-6-11)13-7-3-4-8-14(13)15;/h3-4,7-11H,1-2,5-6,16H2;1H. The second kappa shape index (κ2) is 4.97. The van der Waals surface area contributed by atoms with Crippen molar-refractivity contribution in [1.29, 1.82) is 0 Å². The summed E-state index contributed by atoms with van der Waals surface area (Å²) in [5, 5.41) is 2.57. The molecule has 2 N–H and O–H groups in total. The van der Waals surface area contributed by atoms with Crippen LogP contribution in [0.2, 0.25) is 0 Å². The van der Waals surface area contributed by atoms with E-state index >= 15 is 0 Å². The Kier molecular flexibility index (Phi) is 3.58. The van der Waals surface area contributed by atoms with Crippen molar-refractivity contribution in [2.75, 3.05) is 5.73 Å². The first-order valence-corrected chi connectivity index (χ1v) is 6.13. The van der Waals surface area contributed by atoms with Gasteiger partial charge in [0, 0.05) is 11.1 Å².